The van der Waals surface area contributed by atoms with Crippen molar-refractivity contribution in [3.63, 3.8) is 0 Å². The fourth-order valence-electron chi connectivity index (χ4n) is 1.86. The number of rotatable bonds is 3. The zero-order chi connectivity index (χ0) is 21.1. The Labute approximate surface area is 188 Å². The van der Waals surface area contributed by atoms with E-state index in [0.29, 0.717) is 12.0 Å². The molecule has 0 fully saturated rings. The molecule has 158 valence electrons. The minimum atomic E-state index is -0.665. The van der Waals surface area contributed by atoms with E-state index in [1.807, 2.05) is 45.9 Å². The lowest BCUT2D eigenvalue weighted by Gasteiger charge is -2.26. The summed E-state index contributed by atoms with van der Waals surface area (Å²) < 4.78 is 0. The fraction of sp³-hybridized carbons (Fsp3) is 0.400. The number of alkyl halides is 1. The summed E-state index contributed by atoms with van der Waals surface area (Å²) in [5.74, 6) is 5.30. The van der Waals surface area contributed by atoms with Gasteiger partial charge >= 0.3 is 0 Å². The summed E-state index contributed by atoms with van der Waals surface area (Å²) in [6, 6.07) is 8.74. The summed E-state index contributed by atoms with van der Waals surface area (Å²) in [4.78, 5) is 21.5. The molecule has 1 aliphatic carbocycles. The SMILES string of the molecule is CC(C)(C)NN.CC1=CC=CC(CCl)(C(=O)Cl)C1.Cl.O=C(Cl)c1ccccc1. The van der Waals surface area contributed by atoms with Crippen molar-refractivity contribution in [2.75, 3.05) is 5.88 Å². The van der Waals surface area contributed by atoms with Gasteiger partial charge in [-0.25, -0.2) is 0 Å². The predicted octanol–water partition coefficient (Wildman–Crippen LogP) is 5.62. The third-order valence-electron chi connectivity index (χ3n) is 3.45. The maximum Gasteiger partial charge on any atom is 0.252 e. The smallest absolute Gasteiger partial charge is 0.252 e. The van der Waals surface area contributed by atoms with E-state index in [1.165, 1.54) is 0 Å². The molecule has 0 saturated carbocycles. The molecule has 1 unspecified atom stereocenters. The van der Waals surface area contributed by atoms with Crippen molar-refractivity contribution in [2.45, 2.75) is 39.7 Å². The number of benzene rings is 1. The summed E-state index contributed by atoms with van der Waals surface area (Å²) >= 11 is 16.4. The highest BCUT2D eigenvalue weighted by molar-refractivity contribution is 6.67. The van der Waals surface area contributed by atoms with Gasteiger partial charge in [0.15, 0.2) is 0 Å². The Morgan fingerprint density at radius 2 is 1.68 bits per heavy atom. The van der Waals surface area contributed by atoms with Gasteiger partial charge in [0.2, 0.25) is 5.24 Å². The molecule has 1 aromatic rings. The van der Waals surface area contributed by atoms with Crippen LogP contribution in [0.25, 0.3) is 0 Å². The number of hydrogen-bond donors (Lipinski definition) is 2. The van der Waals surface area contributed by atoms with E-state index in [0.717, 1.165) is 5.57 Å². The van der Waals surface area contributed by atoms with Gasteiger partial charge in [-0.2, -0.15) is 0 Å². The second-order valence-corrected chi connectivity index (χ2v) is 8.10. The Morgan fingerprint density at radius 1 is 1.18 bits per heavy atom. The number of nitrogens with two attached hydrogens (primary N) is 1. The summed E-state index contributed by atoms with van der Waals surface area (Å²) in [5, 5.41) is -0.781. The Bertz CT molecular complexity index is 671. The van der Waals surface area contributed by atoms with Crippen molar-refractivity contribution in [3.8, 4) is 0 Å². The van der Waals surface area contributed by atoms with Crippen LogP contribution in [0.15, 0.2) is 54.1 Å². The van der Waals surface area contributed by atoms with Crippen LogP contribution < -0.4 is 11.3 Å². The molecular weight excluding hydrogens is 442 g/mol. The van der Waals surface area contributed by atoms with E-state index in [2.05, 4.69) is 5.43 Å². The molecule has 2 rings (SSSR count). The molecule has 28 heavy (non-hydrogen) atoms. The lowest BCUT2D eigenvalue weighted by Crippen LogP contribution is -2.41. The number of carbonyl (C=O) groups is 2. The van der Waals surface area contributed by atoms with Gasteiger partial charge in [-0.1, -0.05) is 54.1 Å². The molecule has 1 atom stereocenters. The minimum Gasteiger partial charge on any atom is -0.280 e. The van der Waals surface area contributed by atoms with E-state index in [-0.39, 0.29) is 29.1 Å². The van der Waals surface area contributed by atoms with Gasteiger partial charge in [0, 0.05) is 17.0 Å². The van der Waals surface area contributed by atoms with E-state index in [1.54, 1.807) is 30.3 Å². The van der Waals surface area contributed by atoms with Gasteiger partial charge in [0.05, 0.1) is 5.41 Å². The van der Waals surface area contributed by atoms with Gasteiger partial charge in [-0.3, -0.25) is 20.9 Å². The van der Waals surface area contributed by atoms with Crippen LogP contribution in [0.1, 0.15) is 44.5 Å². The maximum absolute atomic E-state index is 11.1. The zero-order valence-corrected chi connectivity index (χ0v) is 19.6. The molecule has 0 spiro atoms. The first-order chi connectivity index (χ1) is 12.5. The number of carbonyl (C=O) groups excluding carboxylic acids is 2. The van der Waals surface area contributed by atoms with Crippen LogP contribution in [-0.4, -0.2) is 21.9 Å². The van der Waals surface area contributed by atoms with Crippen molar-refractivity contribution >= 4 is 57.7 Å². The Kier molecular flexibility index (Phi) is 14.8. The van der Waals surface area contributed by atoms with Gasteiger partial charge < -0.3 is 0 Å². The molecule has 0 aliphatic heterocycles. The van der Waals surface area contributed by atoms with Crippen LogP contribution >= 0.6 is 47.2 Å². The van der Waals surface area contributed by atoms with Crippen molar-refractivity contribution in [3.05, 3.63) is 59.7 Å². The molecule has 1 aromatic carbocycles. The third kappa shape index (κ3) is 11.8. The lowest BCUT2D eigenvalue weighted by atomic mass is 9.81. The van der Waals surface area contributed by atoms with Crippen LogP contribution in [0.2, 0.25) is 0 Å². The Morgan fingerprint density at radius 3 is 1.93 bits per heavy atom. The van der Waals surface area contributed by atoms with Crippen molar-refractivity contribution < 1.29 is 9.59 Å². The number of hydrogen-bond acceptors (Lipinski definition) is 4. The number of nitrogens with one attached hydrogen (secondary N) is 1. The van der Waals surface area contributed by atoms with Crippen LogP contribution in [0.4, 0.5) is 0 Å². The average molecular weight is 470 g/mol. The molecule has 0 radical (unpaired) electrons. The topological polar surface area (TPSA) is 72.2 Å². The summed E-state index contributed by atoms with van der Waals surface area (Å²) in [6.07, 6.45) is 6.21. The van der Waals surface area contributed by atoms with Gasteiger partial charge in [0.25, 0.3) is 5.24 Å². The van der Waals surface area contributed by atoms with Crippen LogP contribution in [0.3, 0.4) is 0 Å². The molecule has 3 N–H and O–H groups in total. The first-order valence-electron chi connectivity index (χ1n) is 8.31. The highest BCUT2D eigenvalue weighted by atomic mass is 35.5. The molecule has 0 heterocycles. The van der Waals surface area contributed by atoms with Crippen LogP contribution in [0, 0.1) is 5.41 Å². The van der Waals surface area contributed by atoms with Gasteiger partial charge in [-0.05, 0) is 57.3 Å². The van der Waals surface area contributed by atoms with Crippen LogP contribution in [0.5, 0.6) is 0 Å². The molecule has 8 heteroatoms. The normalized spacial score (nSPS) is 17.6. The van der Waals surface area contributed by atoms with Gasteiger partial charge in [-0.15, -0.1) is 24.0 Å². The Balaban J connectivity index is 0. The van der Waals surface area contributed by atoms with E-state index in [9.17, 15) is 9.59 Å². The third-order valence-corrected chi connectivity index (χ3v) is 4.53. The Hall–Kier alpha value is -0.880. The number of allylic oxidation sites excluding steroid dienone is 4. The fourth-order valence-corrected chi connectivity index (χ4v) is 2.56. The quantitative estimate of drug-likeness (QED) is 0.261. The van der Waals surface area contributed by atoms with E-state index >= 15 is 0 Å². The summed E-state index contributed by atoms with van der Waals surface area (Å²) in [6.45, 7) is 7.98. The highest BCUT2D eigenvalue weighted by Gasteiger charge is 2.34. The number of hydrazine groups is 1. The number of halogens is 4. The van der Waals surface area contributed by atoms with Crippen molar-refractivity contribution in [2.24, 2.45) is 11.3 Å². The second kappa shape index (κ2) is 14.2. The molecule has 4 nitrogen and oxygen atoms in total. The molecule has 0 aromatic heterocycles. The summed E-state index contributed by atoms with van der Waals surface area (Å²) in [5.41, 5.74) is 3.68. The second-order valence-electron chi connectivity index (χ2n) is 7.15. The zero-order valence-electron chi connectivity index (χ0n) is 16.5. The highest BCUT2D eigenvalue weighted by Crippen LogP contribution is 2.34. The van der Waals surface area contributed by atoms with E-state index in [4.69, 9.17) is 40.6 Å². The van der Waals surface area contributed by atoms with Crippen molar-refractivity contribution in [1.82, 2.24) is 5.43 Å². The largest absolute Gasteiger partial charge is 0.280 e. The molecule has 0 amide bonds. The van der Waals surface area contributed by atoms with Crippen LogP contribution in [-0.2, 0) is 4.79 Å². The van der Waals surface area contributed by atoms with Crippen molar-refractivity contribution in [1.29, 1.82) is 0 Å². The first-order valence-corrected chi connectivity index (χ1v) is 9.60. The standard InChI is InChI=1S/C9H10Cl2O.C7H5ClO.C4H12N2.ClH/c1-7-3-2-4-9(5-7,6-10)8(11)12;8-7(9)6-4-2-1-3-5-6;1-4(2,3)6-5;/h2-4H,5-6H2,1H3;1-5H;6H,5H2,1-3H3;1H. The molecular formula is C20H28Cl4N2O2. The van der Waals surface area contributed by atoms with E-state index < -0.39 is 10.7 Å². The minimum absolute atomic E-state index is 0. The average Bonchev–Trinajstić information content (AvgIpc) is 2.62. The lowest BCUT2D eigenvalue weighted by molar-refractivity contribution is -0.117. The predicted molar refractivity (Wildman–Crippen MR) is 122 cm³/mol. The van der Waals surface area contributed by atoms with Gasteiger partial charge in [0.1, 0.15) is 0 Å². The summed E-state index contributed by atoms with van der Waals surface area (Å²) in [7, 11) is 0. The molecule has 0 bridgehead atoms. The first kappa shape index (κ1) is 29.3. The molecule has 0 saturated heterocycles. The maximum atomic E-state index is 11.1. The monoisotopic (exact) mass is 468 g/mol. The molecule has 1 aliphatic rings.